The Bertz CT molecular complexity index is 231. The van der Waals surface area contributed by atoms with Crippen molar-refractivity contribution in [3.63, 3.8) is 0 Å². The maximum Gasteiger partial charge on any atom is 0.165 e. The summed E-state index contributed by atoms with van der Waals surface area (Å²) in [6.07, 6.45) is 2.64. The lowest BCUT2D eigenvalue weighted by Gasteiger charge is -2.10. The Balaban J connectivity index is 2.50. The highest BCUT2D eigenvalue weighted by Crippen LogP contribution is 1.99. The van der Waals surface area contributed by atoms with E-state index in [0.29, 0.717) is 12.4 Å². The fraction of sp³-hybridized carbons (Fsp3) is 0.714. The number of methoxy groups -OCH3 is 1. The monoisotopic (exact) mass is 170 g/mol. The van der Waals surface area contributed by atoms with Crippen molar-refractivity contribution in [3.05, 3.63) is 6.20 Å². The average molecular weight is 170 g/mol. The lowest BCUT2D eigenvalue weighted by molar-refractivity contribution is 0.0778. The third-order valence-corrected chi connectivity index (χ3v) is 1.71. The van der Waals surface area contributed by atoms with Crippen molar-refractivity contribution in [3.8, 4) is 0 Å². The quantitative estimate of drug-likeness (QED) is 0.705. The summed E-state index contributed by atoms with van der Waals surface area (Å²) in [4.78, 5) is 1.55. The van der Waals surface area contributed by atoms with E-state index < -0.39 is 0 Å². The van der Waals surface area contributed by atoms with Gasteiger partial charge in [-0.15, -0.1) is 5.10 Å². The summed E-state index contributed by atoms with van der Waals surface area (Å²) >= 11 is 0. The lowest BCUT2D eigenvalue weighted by atomic mass is 10.3. The van der Waals surface area contributed by atoms with Crippen LogP contribution in [-0.2, 0) is 11.3 Å². The Labute approximate surface area is 71.5 Å². The number of nitrogens with zero attached hydrogens (tertiary/aromatic N) is 3. The molecule has 0 saturated carbocycles. The van der Waals surface area contributed by atoms with E-state index in [1.54, 1.807) is 11.9 Å². The molecule has 1 heterocycles. The summed E-state index contributed by atoms with van der Waals surface area (Å²) in [5.74, 6) is 0.445. The Hall–Kier alpha value is -1.10. The molecule has 0 amide bonds. The van der Waals surface area contributed by atoms with Crippen LogP contribution in [0.25, 0.3) is 0 Å². The highest BCUT2D eigenvalue weighted by Gasteiger charge is 2.06. The number of nitrogens with two attached hydrogens (primary N) is 1. The molecule has 0 radical (unpaired) electrons. The molecule has 12 heavy (non-hydrogen) atoms. The summed E-state index contributed by atoms with van der Waals surface area (Å²) in [6, 6.07) is 0. The normalized spacial score (nSPS) is 13.2. The Kier molecular flexibility index (Phi) is 3.04. The van der Waals surface area contributed by atoms with Crippen molar-refractivity contribution < 1.29 is 4.74 Å². The molecule has 0 aliphatic carbocycles. The molecule has 1 atom stereocenters. The van der Waals surface area contributed by atoms with Gasteiger partial charge in [-0.25, -0.2) is 0 Å². The Morgan fingerprint density at radius 3 is 2.92 bits per heavy atom. The van der Waals surface area contributed by atoms with Crippen LogP contribution in [0.3, 0.4) is 0 Å². The zero-order valence-electron chi connectivity index (χ0n) is 7.40. The number of rotatable bonds is 4. The van der Waals surface area contributed by atoms with Gasteiger partial charge in [0.25, 0.3) is 0 Å². The Morgan fingerprint density at radius 1 is 1.75 bits per heavy atom. The van der Waals surface area contributed by atoms with E-state index in [2.05, 4.69) is 17.1 Å². The largest absolute Gasteiger partial charge is 0.381 e. The van der Waals surface area contributed by atoms with Gasteiger partial charge in [0.15, 0.2) is 5.82 Å². The Morgan fingerprint density at radius 2 is 2.50 bits per heavy atom. The van der Waals surface area contributed by atoms with Gasteiger partial charge in [0, 0.05) is 7.11 Å². The first-order chi connectivity index (χ1) is 5.76. The number of aromatic nitrogens is 3. The molecule has 0 bridgehead atoms. The second-order valence-corrected chi connectivity index (χ2v) is 2.59. The molecule has 5 heteroatoms. The molecule has 0 spiro atoms. The molecule has 0 saturated heterocycles. The summed E-state index contributed by atoms with van der Waals surface area (Å²) in [7, 11) is 1.68. The summed E-state index contributed by atoms with van der Waals surface area (Å²) in [5, 5.41) is 7.90. The van der Waals surface area contributed by atoms with E-state index in [9.17, 15) is 0 Å². The van der Waals surface area contributed by atoms with Gasteiger partial charge in [0.2, 0.25) is 0 Å². The van der Waals surface area contributed by atoms with Crippen LogP contribution in [0.2, 0.25) is 0 Å². The molecular formula is C7H14N4O. The highest BCUT2D eigenvalue weighted by molar-refractivity contribution is 5.19. The maximum atomic E-state index is 5.40. The van der Waals surface area contributed by atoms with Crippen LogP contribution >= 0.6 is 0 Å². The van der Waals surface area contributed by atoms with Crippen LogP contribution in [0.1, 0.15) is 13.3 Å². The van der Waals surface area contributed by atoms with Crippen LogP contribution < -0.4 is 5.73 Å². The SMILES string of the molecule is CCC(Cn1ncc(N)n1)OC. The smallest absolute Gasteiger partial charge is 0.165 e. The van der Waals surface area contributed by atoms with Gasteiger partial charge in [0.05, 0.1) is 18.8 Å². The van der Waals surface area contributed by atoms with Crippen molar-refractivity contribution >= 4 is 5.82 Å². The van der Waals surface area contributed by atoms with Crippen molar-refractivity contribution in [1.82, 2.24) is 15.0 Å². The minimum atomic E-state index is 0.164. The highest BCUT2D eigenvalue weighted by atomic mass is 16.5. The number of ether oxygens (including phenoxy) is 1. The van der Waals surface area contributed by atoms with Gasteiger partial charge in [-0.1, -0.05) is 6.92 Å². The van der Waals surface area contributed by atoms with Crippen molar-refractivity contribution in [2.45, 2.75) is 26.0 Å². The van der Waals surface area contributed by atoms with Crippen LogP contribution in [0.5, 0.6) is 0 Å². The minimum Gasteiger partial charge on any atom is -0.381 e. The van der Waals surface area contributed by atoms with Gasteiger partial charge in [-0.05, 0) is 6.42 Å². The lowest BCUT2D eigenvalue weighted by Crippen LogP contribution is -2.19. The van der Waals surface area contributed by atoms with Gasteiger partial charge in [0.1, 0.15) is 0 Å². The van der Waals surface area contributed by atoms with E-state index in [4.69, 9.17) is 10.5 Å². The molecule has 0 aromatic carbocycles. The van der Waals surface area contributed by atoms with E-state index in [1.807, 2.05) is 0 Å². The molecule has 5 nitrogen and oxygen atoms in total. The maximum absolute atomic E-state index is 5.40. The van der Waals surface area contributed by atoms with Gasteiger partial charge >= 0.3 is 0 Å². The zero-order chi connectivity index (χ0) is 8.97. The first kappa shape index (κ1) is 8.99. The van der Waals surface area contributed by atoms with Crippen LogP contribution in [-0.4, -0.2) is 28.2 Å². The third-order valence-electron chi connectivity index (χ3n) is 1.71. The summed E-state index contributed by atoms with van der Waals surface area (Å²) < 4.78 is 5.17. The van der Waals surface area contributed by atoms with Gasteiger partial charge < -0.3 is 10.5 Å². The average Bonchev–Trinajstić information content (AvgIpc) is 2.47. The van der Waals surface area contributed by atoms with E-state index in [1.165, 1.54) is 6.20 Å². The van der Waals surface area contributed by atoms with Crippen molar-refractivity contribution in [2.24, 2.45) is 0 Å². The first-order valence-corrected chi connectivity index (χ1v) is 3.94. The molecule has 1 aromatic rings. The predicted molar refractivity (Wildman–Crippen MR) is 45.5 cm³/mol. The standard InChI is InChI=1S/C7H14N4O/c1-3-6(12-2)5-11-9-4-7(8)10-11/h4,6H,3,5H2,1-2H3,(H2,8,10). The number of hydrogen-bond acceptors (Lipinski definition) is 4. The van der Waals surface area contributed by atoms with E-state index in [-0.39, 0.29) is 6.10 Å². The predicted octanol–water partition coefficient (Wildman–Crippen LogP) is 0.285. The fourth-order valence-electron chi connectivity index (χ4n) is 0.951. The second kappa shape index (κ2) is 4.06. The molecule has 0 fully saturated rings. The zero-order valence-corrected chi connectivity index (χ0v) is 7.40. The summed E-state index contributed by atoms with van der Waals surface area (Å²) in [6.45, 7) is 2.71. The first-order valence-electron chi connectivity index (χ1n) is 3.94. The molecule has 0 aliphatic heterocycles. The van der Waals surface area contributed by atoms with Crippen molar-refractivity contribution in [2.75, 3.05) is 12.8 Å². The fourth-order valence-corrected chi connectivity index (χ4v) is 0.951. The van der Waals surface area contributed by atoms with Crippen LogP contribution in [0.15, 0.2) is 6.20 Å². The number of nitrogen functional groups attached to an aromatic ring is 1. The number of hydrogen-bond donors (Lipinski definition) is 1. The minimum absolute atomic E-state index is 0.164. The molecular weight excluding hydrogens is 156 g/mol. The molecule has 1 rings (SSSR count). The van der Waals surface area contributed by atoms with Crippen LogP contribution in [0.4, 0.5) is 5.82 Å². The molecule has 68 valence electrons. The molecule has 1 unspecified atom stereocenters. The second-order valence-electron chi connectivity index (χ2n) is 2.59. The molecule has 1 aromatic heterocycles. The molecule has 0 aliphatic rings. The summed E-state index contributed by atoms with van der Waals surface area (Å²) in [5.41, 5.74) is 5.40. The van der Waals surface area contributed by atoms with E-state index in [0.717, 1.165) is 6.42 Å². The van der Waals surface area contributed by atoms with Gasteiger partial charge in [-0.2, -0.15) is 9.90 Å². The van der Waals surface area contributed by atoms with E-state index >= 15 is 0 Å². The number of anilines is 1. The van der Waals surface area contributed by atoms with Crippen LogP contribution in [0, 0.1) is 0 Å². The van der Waals surface area contributed by atoms with Gasteiger partial charge in [-0.3, -0.25) is 0 Å². The third kappa shape index (κ3) is 2.20. The topological polar surface area (TPSA) is 66.0 Å². The molecule has 2 N–H and O–H groups in total. The van der Waals surface area contributed by atoms with Crippen molar-refractivity contribution in [1.29, 1.82) is 0 Å².